The average Bonchev–Trinajstić information content (AvgIpc) is 3.80. The van der Waals surface area contributed by atoms with Crippen molar-refractivity contribution in [3.63, 3.8) is 0 Å². The zero-order chi connectivity index (χ0) is 45.0. The summed E-state index contributed by atoms with van der Waals surface area (Å²) < 4.78 is 6.54. The molecule has 2 nitrogen and oxygen atoms in total. The molecule has 0 spiro atoms. The molecule has 12 aromatic carbocycles. The number of nitrogens with zero attached hydrogens (tertiary/aromatic N) is 1. The van der Waals surface area contributed by atoms with Gasteiger partial charge in [0.15, 0.2) is 0 Å². The predicted octanol–water partition coefficient (Wildman–Crippen LogP) is 18.9. The Kier molecular flexibility index (Phi) is 9.54. The third kappa shape index (κ3) is 6.73. The Labute approximate surface area is 395 Å². The molecule has 2 heteroatoms. The fourth-order valence-electron chi connectivity index (χ4n) is 10.5. The predicted molar refractivity (Wildman–Crippen MR) is 288 cm³/mol. The van der Waals surface area contributed by atoms with E-state index in [2.05, 4.69) is 254 Å². The van der Waals surface area contributed by atoms with E-state index in [1.54, 1.807) is 0 Å². The van der Waals surface area contributed by atoms with Crippen molar-refractivity contribution < 1.29 is 4.42 Å². The van der Waals surface area contributed by atoms with Gasteiger partial charge in [-0.3, -0.25) is 0 Å². The Morgan fingerprint density at radius 1 is 0.250 bits per heavy atom. The monoisotopic (exact) mass is 865 g/mol. The van der Waals surface area contributed by atoms with Crippen LogP contribution in [0.25, 0.3) is 110 Å². The molecule has 13 rings (SSSR count). The van der Waals surface area contributed by atoms with Crippen molar-refractivity contribution in [2.75, 3.05) is 4.90 Å². The van der Waals surface area contributed by atoms with Crippen molar-refractivity contribution >= 4 is 71.3 Å². The highest BCUT2D eigenvalue weighted by Gasteiger charge is 2.20. The summed E-state index contributed by atoms with van der Waals surface area (Å²) in [5.74, 6) is 0. The van der Waals surface area contributed by atoms with Crippen LogP contribution in [0, 0.1) is 0 Å². The molecule has 0 aliphatic carbocycles. The Hall–Kier alpha value is -8.98. The molecule has 0 fully saturated rings. The third-order valence-electron chi connectivity index (χ3n) is 13.7. The number of benzene rings is 12. The number of fused-ring (bicyclic) bond motifs is 7. The van der Waals surface area contributed by atoms with Gasteiger partial charge in [-0.15, -0.1) is 0 Å². The molecule has 0 N–H and O–H groups in total. The molecular formula is C66H43NO. The summed E-state index contributed by atoms with van der Waals surface area (Å²) in [5.41, 5.74) is 16.8. The smallest absolute Gasteiger partial charge is 0.143 e. The summed E-state index contributed by atoms with van der Waals surface area (Å²) in [4.78, 5) is 2.37. The van der Waals surface area contributed by atoms with E-state index in [0.717, 1.165) is 55.7 Å². The molecule has 68 heavy (non-hydrogen) atoms. The molecule has 0 atom stereocenters. The maximum absolute atomic E-state index is 6.54. The number of hydrogen-bond donors (Lipinski definition) is 0. The topological polar surface area (TPSA) is 16.4 Å². The number of para-hydroxylation sites is 2. The number of hydrogen-bond acceptors (Lipinski definition) is 2. The van der Waals surface area contributed by atoms with Gasteiger partial charge >= 0.3 is 0 Å². The van der Waals surface area contributed by atoms with Gasteiger partial charge < -0.3 is 9.32 Å². The highest BCUT2D eigenvalue weighted by Crippen LogP contribution is 2.46. The van der Waals surface area contributed by atoms with E-state index in [1.165, 1.54) is 71.3 Å². The van der Waals surface area contributed by atoms with E-state index in [0.29, 0.717) is 0 Å². The molecule has 1 heterocycles. The minimum absolute atomic E-state index is 0.895. The minimum Gasteiger partial charge on any atom is -0.455 e. The van der Waals surface area contributed by atoms with E-state index < -0.39 is 0 Å². The van der Waals surface area contributed by atoms with Crippen molar-refractivity contribution in [3.8, 4) is 55.6 Å². The molecule has 0 amide bonds. The van der Waals surface area contributed by atoms with Crippen molar-refractivity contribution in [1.29, 1.82) is 0 Å². The molecule has 0 aliphatic rings. The van der Waals surface area contributed by atoms with Crippen LogP contribution in [0.15, 0.2) is 265 Å². The number of furan rings is 1. The largest absolute Gasteiger partial charge is 0.455 e. The van der Waals surface area contributed by atoms with Crippen molar-refractivity contribution in [2.45, 2.75) is 0 Å². The summed E-state index contributed by atoms with van der Waals surface area (Å²) in [5, 5.41) is 9.72. The summed E-state index contributed by atoms with van der Waals surface area (Å²) in [6, 6.07) is 94.4. The van der Waals surface area contributed by atoms with Crippen LogP contribution in [-0.4, -0.2) is 0 Å². The van der Waals surface area contributed by atoms with Gasteiger partial charge in [-0.2, -0.15) is 0 Å². The first-order valence-corrected chi connectivity index (χ1v) is 23.3. The van der Waals surface area contributed by atoms with Gasteiger partial charge in [-0.1, -0.05) is 212 Å². The minimum atomic E-state index is 0.895. The van der Waals surface area contributed by atoms with Gasteiger partial charge in [0, 0.05) is 33.4 Å². The molecule has 0 bridgehead atoms. The zero-order valence-electron chi connectivity index (χ0n) is 37.2. The molecule has 0 saturated carbocycles. The Morgan fingerprint density at radius 2 is 0.765 bits per heavy atom. The first-order valence-electron chi connectivity index (χ1n) is 23.3. The average molecular weight is 866 g/mol. The summed E-state index contributed by atoms with van der Waals surface area (Å²) in [7, 11) is 0. The maximum Gasteiger partial charge on any atom is 0.143 e. The van der Waals surface area contributed by atoms with E-state index in [9.17, 15) is 0 Å². The van der Waals surface area contributed by atoms with Gasteiger partial charge in [-0.05, 0) is 131 Å². The van der Waals surface area contributed by atoms with Crippen LogP contribution >= 0.6 is 0 Å². The van der Waals surface area contributed by atoms with Crippen LogP contribution in [0.1, 0.15) is 0 Å². The van der Waals surface area contributed by atoms with E-state index in [-0.39, 0.29) is 0 Å². The van der Waals surface area contributed by atoms with E-state index in [1.807, 2.05) is 12.1 Å². The fourth-order valence-corrected chi connectivity index (χ4v) is 10.5. The SMILES string of the molecule is c1ccc(-c2c(-c3ccccc3)c3cc(-c4ccc(N(c5ccc(-c6cccc7ccccc67)cc5)c5cccc(-c6cccc7c6oc6ccccc67)c5)cc4)ccc3c3ccccc23)cc1. The molecule has 0 aliphatic heterocycles. The van der Waals surface area contributed by atoms with Crippen molar-refractivity contribution in [2.24, 2.45) is 0 Å². The van der Waals surface area contributed by atoms with Crippen LogP contribution in [0.3, 0.4) is 0 Å². The highest BCUT2D eigenvalue weighted by molar-refractivity contribution is 6.22. The van der Waals surface area contributed by atoms with Gasteiger partial charge in [0.1, 0.15) is 11.2 Å². The lowest BCUT2D eigenvalue weighted by atomic mass is 9.84. The summed E-state index contributed by atoms with van der Waals surface area (Å²) >= 11 is 0. The second-order valence-electron chi connectivity index (χ2n) is 17.6. The van der Waals surface area contributed by atoms with Gasteiger partial charge in [-0.25, -0.2) is 0 Å². The second-order valence-corrected chi connectivity index (χ2v) is 17.6. The van der Waals surface area contributed by atoms with Crippen LogP contribution in [0.4, 0.5) is 17.1 Å². The Morgan fingerprint density at radius 3 is 1.51 bits per heavy atom. The Balaban J connectivity index is 0.950. The Bertz CT molecular complexity index is 3990. The number of anilines is 3. The molecule has 318 valence electrons. The molecule has 0 unspecified atom stereocenters. The first-order chi connectivity index (χ1) is 33.7. The second kappa shape index (κ2) is 16.5. The third-order valence-corrected chi connectivity index (χ3v) is 13.7. The standard InChI is InChI=1S/C66H43NO/c1-3-17-47(18-4-1)64-60-27-10-9-25-57(60)58-41-36-49(43-62(58)65(64)48-19-5-2-6-20-48)44-32-37-51(38-33-44)67(52-39-34-46(35-40-52)55-28-14-21-45-16-7-8-24-54(45)55)53-23-13-22-50(42-53)56-29-15-30-61-59-26-11-12-31-63(59)68-66(56)61/h1-43H. The van der Waals surface area contributed by atoms with Crippen molar-refractivity contribution in [3.05, 3.63) is 261 Å². The van der Waals surface area contributed by atoms with Gasteiger partial charge in [0.05, 0.1) is 0 Å². The molecule has 0 radical (unpaired) electrons. The van der Waals surface area contributed by atoms with Gasteiger partial charge in [0.25, 0.3) is 0 Å². The fraction of sp³-hybridized carbons (Fsp3) is 0. The van der Waals surface area contributed by atoms with Crippen LogP contribution in [-0.2, 0) is 0 Å². The van der Waals surface area contributed by atoms with Gasteiger partial charge in [0.2, 0.25) is 0 Å². The van der Waals surface area contributed by atoms with E-state index >= 15 is 0 Å². The van der Waals surface area contributed by atoms with Crippen LogP contribution in [0.5, 0.6) is 0 Å². The molecular weight excluding hydrogens is 823 g/mol. The maximum atomic E-state index is 6.54. The lowest BCUT2D eigenvalue weighted by Gasteiger charge is -2.26. The van der Waals surface area contributed by atoms with Crippen LogP contribution in [0.2, 0.25) is 0 Å². The lowest BCUT2D eigenvalue weighted by molar-refractivity contribution is 0.670. The summed E-state index contributed by atoms with van der Waals surface area (Å²) in [6.07, 6.45) is 0. The van der Waals surface area contributed by atoms with Crippen molar-refractivity contribution in [1.82, 2.24) is 0 Å². The highest BCUT2D eigenvalue weighted by atomic mass is 16.3. The quantitative estimate of drug-likeness (QED) is 0.142. The van der Waals surface area contributed by atoms with E-state index in [4.69, 9.17) is 4.42 Å². The van der Waals surface area contributed by atoms with Crippen LogP contribution < -0.4 is 4.90 Å². The first kappa shape index (κ1) is 39.4. The molecule has 1 aromatic heterocycles. The number of rotatable bonds is 8. The summed E-state index contributed by atoms with van der Waals surface area (Å²) in [6.45, 7) is 0. The zero-order valence-corrected chi connectivity index (χ0v) is 37.2. The molecule has 13 aromatic rings. The lowest BCUT2D eigenvalue weighted by Crippen LogP contribution is -2.10. The normalized spacial score (nSPS) is 11.5. The molecule has 0 saturated heterocycles.